The number of benzene rings is 1. The average Bonchev–Trinajstić information content (AvgIpc) is 2.58. The third kappa shape index (κ3) is 3.69. The molecule has 0 aromatic heterocycles. The summed E-state index contributed by atoms with van der Waals surface area (Å²) in [5.41, 5.74) is 3.72. The summed E-state index contributed by atoms with van der Waals surface area (Å²) in [5, 5.41) is 4.27. The first-order valence-corrected chi connectivity index (χ1v) is 7.63. The van der Waals surface area contributed by atoms with Crippen LogP contribution in [0.25, 0.3) is 0 Å². The number of aryl methyl sites for hydroxylation is 2. The van der Waals surface area contributed by atoms with Crippen LogP contribution in [0.5, 0.6) is 0 Å². The molecule has 1 fully saturated rings. The molecule has 1 aliphatic heterocycles. The fourth-order valence-corrected chi connectivity index (χ4v) is 2.98. The van der Waals surface area contributed by atoms with E-state index in [4.69, 9.17) is 12.2 Å². The van der Waals surface area contributed by atoms with Gasteiger partial charge in [0, 0.05) is 18.3 Å². The second kappa shape index (κ2) is 6.38. The van der Waals surface area contributed by atoms with E-state index in [2.05, 4.69) is 49.2 Å². The van der Waals surface area contributed by atoms with Gasteiger partial charge in [-0.1, -0.05) is 18.9 Å². The predicted octanol–water partition coefficient (Wildman–Crippen LogP) is 4.26. The standard InChI is InChI=1S/C16H24N2S/c1-12-8-9-15(11-13(12)2)17-16(19)18-10-6-4-5-7-14(18)3/h8-9,11,14H,4-7,10H2,1-3H3,(H,17,19). The van der Waals surface area contributed by atoms with Crippen molar-refractivity contribution in [3.8, 4) is 0 Å². The molecule has 0 amide bonds. The molecule has 0 radical (unpaired) electrons. The minimum atomic E-state index is 0.550. The van der Waals surface area contributed by atoms with E-state index in [0.717, 1.165) is 17.3 Å². The zero-order valence-corrected chi connectivity index (χ0v) is 13.0. The van der Waals surface area contributed by atoms with Gasteiger partial charge in [-0.3, -0.25) is 0 Å². The molecular weight excluding hydrogens is 252 g/mol. The average molecular weight is 276 g/mol. The Morgan fingerprint density at radius 3 is 2.74 bits per heavy atom. The maximum atomic E-state index is 5.58. The smallest absolute Gasteiger partial charge is 0.173 e. The fraction of sp³-hybridized carbons (Fsp3) is 0.562. The van der Waals surface area contributed by atoms with Crippen LogP contribution in [0.3, 0.4) is 0 Å². The van der Waals surface area contributed by atoms with Crippen LogP contribution in [0.2, 0.25) is 0 Å². The van der Waals surface area contributed by atoms with Crippen LogP contribution in [0.4, 0.5) is 5.69 Å². The van der Waals surface area contributed by atoms with Gasteiger partial charge in [0.2, 0.25) is 0 Å². The molecule has 3 heteroatoms. The molecule has 0 saturated carbocycles. The first-order valence-electron chi connectivity index (χ1n) is 7.23. The van der Waals surface area contributed by atoms with Crippen molar-refractivity contribution in [3.63, 3.8) is 0 Å². The van der Waals surface area contributed by atoms with Crippen molar-refractivity contribution in [1.82, 2.24) is 4.90 Å². The molecule has 1 N–H and O–H groups in total. The lowest BCUT2D eigenvalue weighted by atomic mass is 10.1. The fourth-order valence-electron chi connectivity index (χ4n) is 2.59. The molecule has 1 heterocycles. The summed E-state index contributed by atoms with van der Waals surface area (Å²) in [6.07, 6.45) is 5.14. The van der Waals surface area contributed by atoms with Crippen LogP contribution in [-0.2, 0) is 0 Å². The maximum absolute atomic E-state index is 5.58. The number of nitrogens with zero attached hydrogens (tertiary/aromatic N) is 1. The molecular formula is C16H24N2S. The molecule has 19 heavy (non-hydrogen) atoms. The zero-order chi connectivity index (χ0) is 13.8. The highest BCUT2D eigenvalue weighted by Crippen LogP contribution is 2.19. The van der Waals surface area contributed by atoms with E-state index in [1.165, 1.54) is 36.8 Å². The lowest BCUT2D eigenvalue weighted by molar-refractivity contribution is 0.341. The van der Waals surface area contributed by atoms with Crippen molar-refractivity contribution in [2.24, 2.45) is 0 Å². The van der Waals surface area contributed by atoms with E-state index in [1.54, 1.807) is 0 Å². The van der Waals surface area contributed by atoms with Crippen LogP contribution in [0.1, 0.15) is 43.7 Å². The number of hydrogen-bond donors (Lipinski definition) is 1. The number of likely N-dealkylation sites (tertiary alicyclic amines) is 1. The lowest BCUT2D eigenvalue weighted by Crippen LogP contribution is -2.40. The maximum Gasteiger partial charge on any atom is 0.173 e. The third-order valence-corrected chi connectivity index (χ3v) is 4.41. The summed E-state index contributed by atoms with van der Waals surface area (Å²) in [6, 6.07) is 6.97. The van der Waals surface area contributed by atoms with Gasteiger partial charge in [0.05, 0.1) is 0 Å². The second-order valence-electron chi connectivity index (χ2n) is 5.62. The lowest BCUT2D eigenvalue weighted by Gasteiger charge is -2.30. The van der Waals surface area contributed by atoms with E-state index >= 15 is 0 Å². The number of anilines is 1. The van der Waals surface area contributed by atoms with E-state index in [-0.39, 0.29) is 0 Å². The van der Waals surface area contributed by atoms with Gasteiger partial charge in [-0.2, -0.15) is 0 Å². The Balaban J connectivity index is 2.04. The van der Waals surface area contributed by atoms with Crippen molar-refractivity contribution in [3.05, 3.63) is 29.3 Å². The number of rotatable bonds is 1. The monoisotopic (exact) mass is 276 g/mol. The molecule has 1 atom stereocenters. The van der Waals surface area contributed by atoms with E-state index in [9.17, 15) is 0 Å². The topological polar surface area (TPSA) is 15.3 Å². The summed E-state index contributed by atoms with van der Waals surface area (Å²) in [6.45, 7) is 7.63. The molecule has 1 unspecified atom stereocenters. The molecule has 1 aliphatic rings. The Kier molecular flexibility index (Phi) is 4.81. The Bertz CT molecular complexity index is 456. The first-order chi connectivity index (χ1) is 9.08. The van der Waals surface area contributed by atoms with Crippen molar-refractivity contribution >= 4 is 23.0 Å². The molecule has 104 valence electrons. The molecule has 1 aromatic carbocycles. The van der Waals surface area contributed by atoms with Crippen molar-refractivity contribution in [2.75, 3.05) is 11.9 Å². The summed E-state index contributed by atoms with van der Waals surface area (Å²) < 4.78 is 0. The van der Waals surface area contributed by atoms with Crippen molar-refractivity contribution < 1.29 is 0 Å². The SMILES string of the molecule is Cc1ccc(NC(=S)N2CCCCCC2C)cc1C. The van der Waals surface area contributed by atoms with Crippen LogP contribution in [-0.4, -0.2) is 22.6 Å². The number of nitrogens with one attached hydrogen (secondary N) is 1. The highest BCUT2D eigenvalue weighted by molar-refractivity contribution is 7.80. The summed E-state index contributed by atoms with van der Waals surface area (Å²) in [7, 11) is 0. The van der Waals surface area contributed by atoms with Crippen LogP contribution in [0, 0.1) is 13.8 Å². The van der Waals surface area contributed by atoms with Gasteiger partial charge in [0.1, 0.15) is 0 Å². The number of thiocarbonyl (C=S) groups is 1. The largest absolute Gasteiger partial charge is 0.346 e. The van der Waals surface area contributed by atoms with E-state index < -0.39 is 0 Å². The second-order valence-corrected chi connectivity index (χ2v) is 6.01. The molecule has 1 aromatic rings. The summed E-state index contributed by atoms with van der Waals surface area (Å²) >= 11 is 5.58. The number of hydrogen-bond acceptors (Lipinski definition) is 1. The molecule has 0 bridgehead atoms. The van der Waals surface area contributed by atoms with Gasteiger partial charge in [0.25, 0.3) is 0 Å². The highest BCUT2D eigenvalue weighted by Gasteiger charge is 2.19. The van der Waals surface area contributed by atoms with E-state index in [0.29, 0.717) is 6.04 Å². The normalized spacial score (nSPS) is 19.9. The molecule has 2 nitrogen and oxygen atoms in total. The Labute approximate surface area is 122 Å². The van der Waals surface area contributed by atoms with Crippen LogP contribution >= 0.6 is 12.2 Å². The quantitative estimate of drug-likeness (QED) is 0.771. The zero-order valence-electron chi connectivity index (χ0n) is 12.2. The summed E-state index contributed by atoms with van der Waals surface area (Å²) in [5.74, 6) is 0. The Morgan fingerprint density at radius 1 is 1.21 bits per heavy atom. The minimum absolute atomic E-state index is 0.550. The van der Waals surface area contributed by atoms with Crippen molar-refractivity contribution in [2.45, 2.75) is 52.5 Å². The van der Waals surface area contributed by atoms with Crippen LogP contribution < -0.4 is 5.32 Å². The van der Waals surface area contributed by atoms with Gasteiger partial charge >= 0.3 is 0 Å². The van der Waals surface area contributed by atoms with Crippen LogP contribution in [0.15, 0.2) is 18.2 Å². The van der Waals surface area contributed by atoms with E-state index in [1.807, 2.05) is 0 Å². The minimum Gasteiger partial charge on any atom is -0.346 e. The van der Waals surface area contributed by atoms with Gasteiger partial charge in [-0.15, -0.1) is 0 Å². The summed E-state index contributed by atoms with van der Waals surface area (Å²) in [4.78, 5) is 2.34. The van der Waals surface area contributed by atoms with Gasteiger partial charge in [-0.25, -0.2) is 0 Å². The predicted molar refractivity (Wildman–Crippen MR) is 86.8 cm³/mol. The van der Waals surface area contributed by atoms with Gasteiger partial charge in [-0.05, 0) is 69.1 Å². The van der Waals surface area contributed by atoms with Crippen molar-refractivity contribution in [1.29, 1.82) is 0 Å². The first kappa shape index (κ1) is 14.3. The Hall–Kier alpha value is -1.09. The molecule has 0 spiro atoms. The molecule has 1 saturated heterocycles. The van der Waals surface area contributed by atoms with Gasteiger partial charge in [0.15, 0.2) is 5.11 Å². The Morgan fingerprint density at radius 2 is 2.00 bits per heavy atom. The highest BCUT2D eigenvalue weighted by atomic mass is 32.1. The molecule has 2 rings (SSSR count). The van der Waals surface area contributed by atoms with Gasteiger partial charge < -0.3 is 10.2 Å². The third-order valence-electron chi connectivity index (χ3n) is 4.07. The molecule has 0 aliphatic carbocycles.